The maximum atomic E-state index is 12.9. The number of aryl methyl sites for hydroxylation is 1. The Kier molecular flexibility index (Phi) is 7.22. The first-order valence-electron chi connectivity index (χ1n) is 10.4. The average Bonchev–Trinajstić information content (AvgIpc) is 2.74. The zero-order valence-corrected chi connectivity index (χ0v) is 17.6. The van der Waals surface area contributed by atoms with E-state index >= 15 is 0 Å². The van der Waals surface area contributed by atoms with Gasteiger partial charge in [-0.15, -0.1) is 0 Å². The monoisotopic (exact) mass is 407 g/mol. The van der Waals surface area contributed by atoms with E-state index in [1.165, 1.54) is 6.92 Å². The van der Waals surface area contributed by atoms with Gasteiger partial charge in [-0.05, 0) is 37.5 Å². The second-order valence-corrected chi connectivity index (χ2v) is 7.88. The number of carbonyl (C=O) groups excluding carboxylic acids is 3. The second-order valence-electron chi connectivity index (χ2n) is 7.88. The van der Waals surface area contributed by atoms with Gasteiger partial charge in [0.25, 0.3) is 0 Å². The Hall–Kier alpha value is -3.15. The molecule has 6 heteroatoms. The van der Waals surface area contributed by atoms with E-state index in [-0.39, 0.29) is 36.1 Å². The topological polar surface area (TPSA) is 78.5 Å². The molecule has 1 fully saturated rings. The molecule has 158 valence electrons. The molecule has 3 amide bonds. The van der Waals surface area contributed by atoms with Crippen LogP contribution in [0.4, 0.5) is 5.69 Å². The highest BCUT2D eigenvalue weighted by Crippen LogP contribution is 2.23. The van der Waals surface area contributed by atoms with Crippen molar-refractivity contribution in [2.75, 3.05) is 18.4 Å². The van der Waals surface area contributed by atoms with Crippen LogP contribution >= 0.6 is 0 Å². The molecule has 3 rings (SSSR count). The van der Waals surface area contributed by atoms with Crippen LogP contribution in [0, 0.1) is 12.8 Å². The maximum Gasteiger partial charge on any atom is 0.227 e. The summed E-state index contributed by atoms with van der Waals surface area (Å²) in [7, 11) is 0. The number of carbonyl (C=O) groups is 3. The highest BCUT2D eigenvalue weighted by atomic mass is 16.2. The molecule has 1 saturated heterocycles. The van der Waals surface area contributed by atoms with Gasteiger partial charge < -0.3 is 15.5 Å². The van der Waals surface area contributed by atoms with Crippen LogP contribution in [0.5, 0.6) is 0 Å². The van der Waals surface area contributed by atoms with E-state index in [0.29, 0.717) is 25.9 Å². The predicted molar refractivity (Wildman–Crippen MR) is 117 cm³/mol. The molecule has 30 heavy (non-hydrogen) atoms. The molecule has 1 atom stereocenters. The third-order valence-electron chi connectivity index (χ3n) is 5.50. The fourth-order valence-electron chi connectivity index (χ4n) is 3.76. The molecule has 0 spiro atoms. The summed E-state index contributed by atoms with van der Waals surface area (Å²) >= 11 is 0. The molecule has 1 heterocycles. The molecular formula is C24H29N3O3. The second kappa shape index (κ2) is 10.1. The molecular weight excluding hydrogens is 378 g/mol. The molecule has 1 aliphatic heterocycles. The summed E-state index contributed by atoms with van der Waals surface area (Å²) in [6.07, 6.45) is 1.49. The van der Waals surface area contributed by atoms with E-state index in [0.717, 1.165) is 16.8 Å². The fraction of sp³-hybridized carbons (Fsp3) is 0.375. The van der Waals surface area contributed by atoms with Crippen LogP contribution in [-0.4, -0.2) is 35.7 Å². The lowest BCUT2D eigenvalue weighted by atomic mass is 9.94. The van der Waals surface area contributed by atoms with Gasteiger partial charge in [0.1, 0.15) is 0 Å². The Morgan fingerprint density at radius 2 is 1.63 bits per heavy atom. The number of anilines is 1. The van der Waals surface area contributed by atoms with E-state index < -0.39 is 0 Å². The molecule has 1 aliphatic rings. The first-order valence-corrected chi connectivity index (χ1v) is 10.4. The van der Waals surface area contributed by atoms with Crippen molar-refractivity contribution in [3.63, 3.8) is 0 Å². The number of amides is 3. The van der Waals surface area contributed by atoms with Crippen molar-refractivity contribution in [3.8, 4) is 0 Å². The number of para-hydroxylation sites is 1. The van der Waals surface area contributed by atoms with E-state index in [1.807, 2.05) is 61.5 Å². The number of hydrogen-bond donors (Lipinski definition) is 2. The summed E-state index contributed by atoms with van der Waals surface area (Å²) in [5, 5.41) is 5.84. The average molecular weight is 408 g/mol. The van der Waals surface area contributed by atoms with Crippen LogP contribution in [0.25, 0.3) is 0 Å². The van der Waals surface area contributed by atoms with Gasteiger partial charge in [0.15, 0.2) is 0 Å². The van der Waals surface area contributed by atoms with Gasteiger partial charge >= 0.3 is 0 Å². The standard InChI is InChI=1S/C24H29N3O3/c1-17-8-10-19(11-9-17)22(25-18(2)28)16-23(29)27-14-12-20(13-15-27)24(30)26-21-6-4-3-5-7-21/h3-11,20,22H,12-16H2,1-2H3,(H,25,28)(H,26,30). The van der Waals surface area contributed by atoms with Crippen molar-refractivity contribution in [2.24, 2.45) is 5.92 Å². The minimum Gasteiger partial charge on any atom is -0.349 e. The molecule has 0 aliphatic carbocycles. The number of nitrogens with one attached hydrogen (secondary N) is 2. The molecule has 6 nitrogen and oxygen atoms in total. The van der Waals surface area contributed by atoms with Gasteiger partial charge in [-0.25, -0.2) is 0 Å². The third-order valence-corrected chi connectivity index (χ3v) is 5.50. The lowest BCUT2D eigenvalue weighted by molar-refractivity contribution is -0.135. The maximum absolute atomic E-state index is 12.9. The quantitative estimate of drug-likeness (QED) is 0.770. The van der Waals surface area contributed by atoms with Crippen molar-refractivity contribution >= 4 is 23.4 Å². The first-order chi connectivity index (χ1) is 14.4. The number of nitrogens with zero attached hydrogens (tertiary/aromatic N) is 1. The highest BCUT2D eigenvalue weighted by Gasteiger charge is 2.29. The molecule has 2 aromatic carbocycles. The Morgan fingerprint density at radius 1 is 1.00 bits per heavy atom. The van der Waals surface area contributed by atoms with Crippen molar-refractivity contribution in [3.05, 3.63) is 65.7 Å². The summed E-state index contributed by atoms with van der Waals surface area (Å²) in [5.74, 6) is -0.262. The van der Waals surface area contributed by atoms with Crippen LogP contribution in [0.15, 0.2) is 54.6 Å². The summed E-state index contributed by atoms with van der Waals surface area (Å²) < 4.78 is 0. The van der Waals surface area contributed by atoms with Crippen molar-refractivity contribution in [2.45, 2.75) is 39.2 Å². The number of benzene rings is 2. The zero-order valence-electron chi connectivity index (χ0n) is 17.6. The van der Waals surface area contributed by atoms with Crippen molar-refractivity contribution < 1.29 is 14.4 Å². The van der Waals surface area contributed by atoms with E-state index in [1.54, 1.807) is 4.90 Å². The van der Waals surface area contributed by atoms with Crippen molar-refractivity contribution in [1.29, 1.82) is 0 Å². The van der Waals surface area contributed by atoms with E-state index in [2.05, 4.69) is 10.6 Å². The summed E-state index contributed by atoms with van der Waals surface area (Å²) in [6.45, 7) is 4.56. The van der Waals surface area contributed by atoms with Gasteiger partial charge in [0.2, 0.25) is 17.7 Å². The molecule has 2 N–H and O–H groups in total. The van der Waals surface area contributed by atoms with Crippen molar-refractivity contribution in [1.82, 2.24) is 10.2 Å². The highest BCUT2D eigenvalue weighted by molar-refractivity contribution is 5.92. The van der Waals surface area contributed by atoms with Gasteiger partial charge in [-0.1, -0.05) is 48.0 Å². The smallest absolute Gasteiger partial charge is 0.227 e. The van der Waals surface area contributed by atoms with Gasteiger partial charge in [0, 0.05) is 31.6 Å². The van der Waals surface area contributed by atoms with Crippen LogP contribution in [0.1, 0.15) is 43.4 Å². The summed E-state index contributed by atoms with van der Waals surface area (Å²) in [4.78, 5) is 38.8. The Labute approximate surface area is 177 Å². The molecule has 2 aromatic rings. The lowest BCUT2D eigenvalue weighted by Gasteiger charge is -2.32. The Morgan fingerprint density at radius 3 is 2.23 bits per heavy atom. The molecule has 0 radical (unpaired) electrons. The molecule has 0 saturated carbocycles. The number of hydrogen-bond acceptors (Lipinski definition) is 3. The summed E-state index contributed by atoms with van der Waals surface area (Å²) in [6, 6.07) is 16.9. The number of rotatable bonds is 6. The summed E-state index contributed by atoms with van der Waals surface area (Å²) in [5.41, 5.74) is 2.83. The first kappa shape index (κ1) is 21.6. The minimum absolute atomic E-state index is 0.00348. The van der Waals surface area contributed by atoms with Crippen LogP contribution in [0.2, 0.25) is 0 Å². The molecule has 0 bridgehead atoms. The Balaban J connectivity index is 1.55. The van der Waals surface area contributed by atoms with Gasteiger partial charge in [-0.3, -0.25) is 14.4 Å². The van der Waals surface area contributed by atoms with Crippen LogP contribution in [-0.2, 0) is 14.4 Å². The van der Waals surface area contributed by atoms with Crippen LogP contribution < -0.4 is 10.6 Å². The molecule has 1 unspecified atom stereocenters. The largest absolute Gasteiger partial charge is 0.349 e. The lowest BCUT2D eigenvalue weighted by Crippen LogP contribution is -2.43. The normalized spacial score (nSPS) is 15.3. The van der Waals surface area contributed by atoms with Gasteiger partial charge in [0.05, 0.1) is 12.5 Å². The van der Waals surface area contributed by atoms with Gasteiger partial charge in [-0.2, -0.15) is 0 Å². The third kappa shape index (κ3) is 5.92. The Bertz CT molecular complexity index is 872. The minimum atomic E-state index is -0.352. The SMILES string of the molecule is CC(=O)NC(CC(=O)N1CCC(C(=O)Nc2ccccc2)CC1)c1ccc(C)cc1. The van der Waals surface area contributed by atoms with E-state index in [4.69, 9.17) is 0 Å². The molecule has 0 aromatic heterocycles. The zero-order chi connectivity index (χ0) is 21.5. The predicted octanol–water partition coefficient (Wildman–Crippen LogP) is 3.44. The van der Waals surface area contributed by atoms with E-state index in [9.17, 15) is 14.4 Å². The fourth-order valence-corrected chi connectivity index (χ4v) is 3.76. The number of piperidine rings is 1. The number of likely N-dealkylation sites (tertiary alicyclic amines) is 1. The van der Waals surface area contributed by atoms with Crippen LogP contribution in [0.3, 0.4) is 0 Å².